The topological polar surface area (TPSA) is 38.4 Å². The molecule has 10 heavy (non-hydrogen) atoms. The first kappa shape index (κ1) is 7.28. The Balaban J connectivity index is 2.89. The molecule has 0 unspecified atom stereocenters. The average Bonchev–Trinajstić information content (AvgIpc) is 1.95. The maximum atomic E-state index is 4.96. The second-order valence-corrected chi connectivity index (χ2v) is 2.75. The number of halogens is 1. The van der Waals surface area contributed by atoms with Crippen LogP contribution < -0.4 is 5.84 Å². The summed E-state index contributed by atoms with van der Waals surface area (Å²) in [6, 6.07) is 7.74. The minimum Gasteiger partial charge on any atom is -0.323 e. The second kappa shape index (κ2) is 3.37. The normalized spacial score (nSPS) is 10.5. The van der Waals surface area contributed by atoms with Crippen molar-refractivity contribution in [2.24, 2.45) is 10.9 Å². The fourth-order valence-electron chi connectivity index (χ4n) is 0.635. The highest BCUT2D eigenvalue weighted by Crippen LogP contribution is 2.08. The van der Waals surface area contributed by atoms with Gasteiger partial charge in [-0.3, -0.25) is 0 Å². The number of benzene rings is 1. The lowest BCUT2D eigenvalue weighted by molar-refractivity contribution is 1.26. The van der Waals surface area contributed by atoms with Crippen molar-refractivity contribution in [2.45, 2.75) is 0 Å². The minimum absolute atomic E-state index is 1.01. The van der Waals surface area contributed by atoms with Gasteiger partial charge in [-0.2, -0.15) is 5.10 Å². The lowest BCUT2D eigenvalue weighted by Crippen LogP contribution is -1.84. The molecule has 0 fully saturated rings. The van der Waals surface area contributed by atoms with Gasteiger partial charge in [-0.05, 0) is 17.7 Å². The van der Waals surface area contributed by atoms with Crippen LogP contribution in [-0.4, -0.2) is 6.21 Å². The highest BCUT2D eigenvalue weighted by molar-refractivity contribution is 9.10. The molecule has 0 aliphatic rings. The number of hydrazone groups is 1. The number of nitrogens with zero attached hydrogens (tertiary/aromatic N) is 1. The first-order chi connectivity index (χ1) is 4.83. The zero-order chi connectivity index (χ0) is 7.40. The average molecular weight is 199 g/mol. The predicted molar refractivity (Wildman–Crippen MR) is 45.9 cm³/mol. The van der Waals surface area contributed by atoms with E-state index < -0.39 is 0 Å². The molecule has 1 rings (SSSR count). The van der Waals surface area contributed by atoms with E-state index in [1.165, 1.54) is 0 Å². The van der Waals surface area contributed by atoms with Crippen LogP contribution >= 0.6 is 15.9 Å². The molecule has 0 saturated carbocycles. The Bertz CT molecular complexity index is 228. The molecule has 2 N–H and O–H groups in total. The lowest BCUT2D eigenvalue weighted by atomic mass is 10.2. The number of hydrogen-bond acceptors (Lipinski definition) is 2. The van der Waals surface area contributed by atoms with Gasteiger partial charge < -0.3 is 5.84 Å². The molecule has 0 aliphatic carbocycles. The largest absolute Gasteiger partial charge is 0.323 e. The van der Waals surface area contributed by atoms with Crippen LogP contribution in [-0.2, 0) is 0 Å². The van der Waals surface area contributed by atoms with Crippen LogP contribution in [0.3, 0.4) is 0 Å². The van der Waals surface area contributed by atoms with Crippen LogP contribution in [0.5, 0.6) is 0 Å². The molecule has 3 heteroatoms. The van der Waals surface area contributed by atoms with E-state index >= 15 is 0 Å². The van der Waals surface area contributed by atoms with Crippen molar-refractivity contribution < 1.29 is 0 Å². The van der Waals surface area contributed by atoms with E-state index in [9.17, 15) is 0 Å². The van der Waals surface area contributed by atoms with Gasteiger partial charge in [0.25, 0.3) is 0 Å². The maximum absolute atomic E-state index is 4.96. The zero-order valence-electron chi connectivity index (χ0n) is 5.29. The molecule has 0 radical (unpaired) electrons. The summed E-state index contributed by atoms with van der Waals surface area (Å²) in [4.78, 5) is 0. The van der Waals surface area contributed by atoms with Crippen LogP contribution in [0.4, 0.5) is 0 Å². The van der Waals surface area contributed by atoms with Crippen molar-refractivity contribution in [3.05, 3.63) is 34.3 Å². The van der Waals surface area contributed by atoms with Gasteiger partial charge in [-0.1, -0.05) is 28.1 Å². The van der Waals surface area contributed by atoms with Crippen molar-refractivity contribution in [1.29, 1.82) is 0 Å². The Labute approximate surface area is 67.9 Å². The number of nitrogens with two attached hydrogens (primary N) is 1. The molecule has 0 bridgehead atoms. The summed E-state index contributed by atoms with van der Waals surface area (Å²) in [5.41, 5.74) is 1.01. The van der Waals surface area contributed by atoms with E-state index in [1.54, 1.807) is 6.21 Å². The third-order valence-electron chi connectivity index (χ3n) is 1.09. The van der Waals surface area contributed by atoms with Crippen molar-refractivity contribution in [1.82, 2.24) is 0 Å². The summed E-state index contributed by atoms with van der Waals surface area (Å²) < 4.78 is 1.06. The molecular formula is C7H7BrN2. The molecule has 0 amide bonds. The summed E-state index contributed by atoms with van der Waals surface area (Å²) in [7, 11) is 0. The van der Waals surface area contributed by atoms with Gasteiger partial charge in [0.15, 0.2) is 0 Å². The van der Waals surface area contributed by atoms with Gasteiger partial charge in [0.1, 0.15) is 0 Å². The summed E-state index contributed by atoms with van der Waals surface area (Å²) in [6.45, 7) is 0. The fraction of sp³-hybridized carbons (Fsp3) is 0. The van der Waals surface area contributed by atoms with E-state index in [0.717, 1.165) is 10.0 Å². The van der Waals surface area contributed by atoms with Gasteiger partial charge in [-0.25, -0.2) is 0 Å². The highest BCUT2D eigenvalue weighted by Gasteiger charge is 1.85. The molecule has 1 aromatic rings. The molecule has 0 atom stereocenters. The van der Waals surface area contributed by atoms with Crippen LogP contribution in [0.25, 0.3) is 0 Å². The summed E-state index contributed by atoms with van der Waals surface area (Å²) >= 11 is 3.32. The van der Waals surface area contributed by atoms with E-state index in [1.807, 2.05) is 24.3 Å². The smallest absolute Gasteiger partial charge is 0.0538 e. The molecule has 0 aromatic heterocycles. The van der Waals surface area contributed by atoms with E-state index in [-0.39, 0.29) is 0 Å². The number of hydrogen-bond donors (Lipinski definition) is 1. The van der Waals surface area contributed by atoms with Crippen molar-refractivity contribution >= 4 is 22.1 Å². The third kappa shape index (κ3) is 1.84. The van der Waals surface area contributed by atoms with Crippen LogP contribution in [0.15, 0.2) is 33.8 Å². The highest BCUT2D eigenvalue weighted by atomic mass is 79.9. The molecule has 2 nitrogen and oxygen atoms in total. The monoisotopic (exact) mass is 198 g/mol. The van der Waals surface area contributed by atoms with Crippen molar-refractivity contribution in [3.63, 3.8) is 0 Å². The first-order valence-corrected chi connectivity index (χ1v) is 3.61. The third-order valence-corrected chi connectivity index (χ3v) is 1.62. The summed E-state index contributed by atoms with van der Waals surface area (Å²) in [5.74, 6) is 4.96. The Morgan fingerprint density at radius 1 is 1.30 bits per heavy atom. The Kier molecular flexibility index (Phi) is 2.45. The molecule has 0 aliphatic heterocycles. The first-order valence-electron chi connectivity index (χ1n) is 2.82. The van der Waals surface area contributed by atoms with E-state index in [2.05, 4.69) is 21.0 Å². The quantitative estimate of drug-likeness (QED) is 0.417. The predicted octanol–water partition coefficient (Wildman–Crippen LogP) is 1.74. The van der Waals surface area contributed by atoms with Crippen LogP contribution in [0, 0.1) is 0 Å². The molecule has 0 spiro atoms. The van der Waals surface area contributed by atoms with Gasteiger partial charge in [0.2, 0.25) is 0 Å². The fourth-order valence-corrected chi connectivity index (χ4v) is 0.899. The SMILES string of the molecule is NN=Cc1ccc(Br)cc1. The van der Waals surface area contributed by atoms with Gasteiger partial charge in [0.05, 0.1) is 6.21 Å². The summed E-state index contributed by atoms with van der Waals surface area (Å²) in [5, 5.41) is 3.40. The van der Waals surface area contributed by atoms with E-state index in [0.29, 0.717) is 0 Å². The minimum atomic E-state index is 1.01. The zero-order valence-corrected chi connectivity index (χ0v) is 6.88. The van der Waals surface area contributed by atoms with Crippen LogP contribution in [0.1, 0.15) is 5.56 Å². The molecule has 1 aromatic carbocycles. The van der Waals surface area contributed by atoms with Gasteiger partial charge in [-0.15, -0.1) is 0 Å². The Morgan fingerprint density at radius 3 is 2.40 bits per heavy atom. The lowest BCUT2D eigenvalue weighted by Gasteiger charge is -1.90. The Morgan fingerprint density at radius 2 is 1.90 bits per heavy atom. The maximum Gasteiger partial charge on any atom is 0.0538 e. The second-order valence-electron chi connectivity index (χ2n) is 1.83. The molecule has 0 saturated heterocycles. The molecule has 52 valence electrons. The Hall–Kier alpha value is -0.830. The van der Waals surface area contributed by atoms with E-state index in [4.69, 9.17) is 5.84 Å². The standard InChI is InChI=1S/C7H7BrN2/c8-7-3-1-6(2-4-7)5-10-9/h1-5H,9H2. The van der Waals surface area contributed by atoms with Crippen molar-refractivity contribution in [2.75, 3.05) is 0 Å². The summed E-state index contributed by atoms with van der Waals surface area (Å²) in [6.07, 6.45) is 1.60. The van der Waals surface area contributed by atoms with Crippen molar-refractivity contribution in [3.8, 4) is 0 Å². The molecule has 0 heterocycles. The van der Waals surface area contributed by atoms with Crippen LogP contribution in [0.2, 0.25) is 0 Å². The van der Waals surface area contributed by atoms with Gasteiger partial charge in [0, 0.05) is 4.47 Å². The van der Waals surface area contributed by atoms with Gasteiger partial charge >= 0.3 is 0 Å². The molecular weight excluding hydrogens is 192 g/mol. The number of rotatable bonds is 1.